The number of allylic oxidation sites excluding steroid dienone is 2. The van der Waals surface area contributed by atoms with Crippen LogP contribution in [0.15, 0.2) is 16.4 Å². The molecule has 1 aliphatic heterocycles. The van der Waals surface area contributed by atoms with Gasteiger partial charge in [0, 0.05) is 19.8 Å². The van der Waals surface area contributed by atoms with Crippen molar-refractivity contribution >= 4 is 5.71 Å². The summed E-state index contributed by atoms with van der Waals surface area (Å²) in [6.07, 6.45) is 0. The second-order valence-electron chi connectivity index (χ2n) is 2.91. The fourth-order valence-corrected chi connectivity index (χ4v) is 1.08. The summed E-state index contributed by atoms with van der Waals surface area (Å²) in [5.41, 5.74) is 3.63. The Bertz CT molecular complexity index is 227. The van der Waals surface area contributed by atoms with Crippen molar-refractivity contribution in [1.29, 1.82) is 0 Å². The maximum atomic E-state index is 4.31. The minimum atomic E-state index is 1.10. The predicted octanol–water partition coefficient (Wildman–Crippen LogP) is 1.45. The molecular weight excluding hydrogens is 138 g/mol. The maximum Gasteiger partial charge on any atom is 0.0641 e. The Morgan fingerprint density at radius 2 is 1.64 bits per heavy atom. The minimum Gasteiger partial charge on any atom is -0.277 e. The molecule has 0 aromatic heterocycles. The Labute approximate surface area is 68.0 Å². The van der Waals surface area contributed by atoms with Gasteiger partial charge in [-0.1, -0.05) is 0 Å². The van der Waals surface area contributed by atoms with Gasteiger partial charge in [-0.15, -0.1) is 0 Å². The SMILES string of the molecule is CC1=NN(C)N(C)C(C)=C1C. The molecule has 62 valence electrons. The van der Waals surface area contributed by atoms with E-state index in [1.54, 1.807) is 0 Å². The molecular formula is C8H15N3. The Hall–Kier alpha value is -0.990. The zero-order valence-corrected chi connectivity index (χ0v) is 7.84. The minimum absolute atomic E-state index is 1.10. The van der Waals surface area contributed by atoms with E-state index in [1.165, 1.54) is 11.3 Å². The Kier molecular flexibility index (Phi) is 1.89. The van der Waals surface area contributed by atoms with E-state index in [9.17, 15) is 0 Å². The van der Waals surface area contributed by atoms with Crippen LogP contribution in [0.2, 0.25) is 0 Å². The molecule has 0 saturated heterocycles. The van der Waals surface area contributed by atoms with Crippen molar-refractivity contribution in [3.8, 4) is 0 Å². The molecule has 0 N–H and O–H groups in total. The molecule has 1 heterocycles. The Morgan fingerprint density at radius 1 is 1.09 bits per heavy atom. The first kappa shape index (κ1) is 8.11. The standard InChI is InChI=1S/C8H15N3/c1-6-7(2)9-11(5)10(4)8(6)3/h1-5H3. The van der Waals surface area contributed by atoms with Crippen LogP contribution in [0.25, 0.3) is 0 Å². The van der Waals surface area contributed by atoms with Crippen LogP contribution in [0.5, 0.6) is 0 Å². The molecule has 11 heavy (non-hydrogen) atoms. The smallest absolute Gasteiger partial charge is 0.0641 e. The van der Waals surface area contributed by atoms with Crippen molar-refractivity contribution < 1.29 is 0 Å². The fourth-order valence-electron chi connectivity index (χ4n) is 1.08. The average molecular weight is 153 g/mol. The van der Waals surface area contributed by atoms with Crippen molar-refractivity contribution in [2.75, 3.05) is 14.1 Å². The van der Waals surface area contributed by atoms with Gasteiger partial charge in [0.2, 0.25) is 0 Å². The van der Waals surface area contributed by atoms with E-state index in [4.69, 9.17) is 0 Å². The molecule has 0 bridgehead atoms. The summed E-state index contributed by atoms with van der Waals surface area (Å²) < 4.78 is 0. The summed E-state index contributed by atoms with van der Waals surface area (Å²) in [6, 6.07) is 0. The zero-order chi connectivity index (χ0) is 8.59. The number of rotatable bonds is 0. The molecule has 0 radical (unpaired) electrons. The van der Waals surface area contributed by atoms with Gasteiger partial charge in [-0.2, -0.15) is 5.10 Å². The third-order valence-corrected chi connectivity index (χ3v) is 2.30. The van der Waals surface area contributed by atoms with E-state index in [2.05, 4.69) is 18.9 Å². The van der Waals surface area contributed by atoms with Gasteiger partial charge in [-0.3, -0.25) is 5.01 Å². The van der Waals surface area contributed by atoms with Crippen LogP contribution in [-0.4, -0.2) is 29.9 Å². The molecule has 3 heteroatoms. The van der Waals surface area contributed by atoms with E-state index >= 15 is 0 Å². The van der Waals surface area contributed by atoms with Crippen molar-refractivity contribution in [3.63, 3.8) is 0 Å². The van der Waals surface area contributed by atoms with Crippen LogP contribution in [0.1, 0.15) is 20.8 Å². The summed E-state index contributed by atoms with van der Waals surface area (Å²) in [5.74, 6) is 0. The molecule has 0 amide bonds. The van der Waals surface area contributed by atoms with Crippen molar-refractivity contribution in [2.45, 2.75) is 20.8 Å². The molecule has 0 aliphatic carbocycles. The number of hydrazone groups is 1. The molecule has 0 aromatic carbocycles. The van der Waals surface area contributed by atoms with E-state index in [0.717, 1.165) is 5.71 Å². The third kappa shape index (κ3) is 1.23. The third-order valence-electron chi connectivity index (χ3n) is 2.30. The number of hydrogen-bond donors (Lipinski definition) is 0. The lowest BCUT2D eigenvalue weighted by atomic mass is 10.1. The second-order valence-corrected chi connectivity index (χ2v) is 2.91. The van der Waals surface area contributed by atoms with Crippen LogP contribution >= 0.6 is 0 Å². The quantitative estimate of drug-likeness (QED) is 0.524. The fraction of sp³-hybridized carbons (Fsp3) is 0.625. The predicted molar refractivity (Wildman–Crippen MR) is 47.0 cm³/mol. The van der Waals surface area contributed by atoms with Gasteiger partial charge in [-0.25, -0.2) is 5.12 Å². The van der Waals surface area contributed by atoms with Crippen molar-refractivity contribution in [3.05, 3.63) is 11.3 Å². The maximum absolute atomic E-state index is 4.31. The van der Waals surface area contributed by atoms with Crippen LogP contribution in [0.4, 0.5) is 0 Å². The zero-order valence-electron chi connectivity index (χ0n) is 7.84. The Balaban J connectivity index is 3.02. The van der Waals surface area contributed by atoms with E-state index in [0.29, 0.717) is 0 Å². The molecule has 0 atom stereocenters. The first-order valence-electron chi connectivity index (χ1n) is 3.74. The van der Waals surface area contributed by atoms with Crippen molar-refractivity contribution in [1.82, 2.24) is 10.1 Å². The van der Waals surface area contributed by atoms with Crippen LogP contribution in [-0.2, 0) is 0 Å². The van der Waals surface area contributed by atoms with E-state index in [-0.39, 0.29) is 0 Å². The highest BCUT2D eigenvalue weighted by Gasteiger charge is 2.14. The lowest BCUT2D eigenvalue weighted by Crippen LogP contribution is -2.36. The second kappa shape index (κ2) is 2.57. The molecule has 0 fully saturated rings. The highest BCUT2D eigenvalue weighted by Crippen LogP contribution is 2.16. The first-order valence-corrected chi connectivity index (χ1v) is 3.74. The molecule has 0 unspecified atom stereocenters. The molecule has 0 aromatic rings. The highest BCUT2D eigenvalue weighted by molar-refractivity contribution is 5.98. The summed E-state index contributed by atoms with van der Waals surface area (Å²) in [4.78, 5) is 0. The molecule has 3 nitrogen and oxygen atoms in total. The molecule has 1 rings (SSSR count). The highest BCUT2D eigenvalue weighted by atomic mass is 15.8. The van der Waals surface area contributed by atoms with Gasteiger partial charge in [0.05, 0.1) is 5.71 Å². The topological polar surface area (TPSA) is 18.8 Å². The van der Waals surface area contributed by atoms with Gasteiger partial charge in [0.1, 0.15) is 0 Å². The lowest BCUT2D eigenvalue weighted by Gasteiger charge is -2.33. The largest absolute Gasteiger partial charge is 0.277 e. The van der Waals surface area contributed by atoms with Gasteiger partial charge in [0.15, 0.2) is 0 Å². The van der Waals surface area contributed by atoms with Crippen molar-refractivity contribution in [2.24, 2.45) is 5.10 Å². The Morgan fingerprint density at radius 3 is 2.18 bits per heavy atom. The van der Waals surface area contributed by atoms with E-state index in [1.807, 2.05) is 31.1 Å². The molecule has 1 aliphatic rings. The monoisotopic (exact) mass is 153 g/mol. The van der Waals surface area contributed by atoms with Gasteiger partial charge in [-0.05, 0) is 26.3 Å². The summed E-state index contributed by atoms with van der Waals surface area (Å²) in [7, 11) is 3.95. The van der Waals surface area contributed by atoms with Gasteiger partial charge < -0.3 is 0 Å². The average Bonchev–Trinajstić information content (AvgIpc) is 1.97. The van der Waals surface area contributed by atoms with Crippen LogP contribution in [0, 0.1) is 0 Å². The van der Waals surface area contributed by atoms with Gasteiger partial charge >= 0.3 is 0 Å². The molecule has 0 spiro atoms. The first-order chi connectivity index (χ1) is 5.04. The normalized spacial score (nSPS) is 19.2. The van der Waals surface area contributed by atoms with Crippen LogP contribution < -0.4 is 0 Å². The summed E-state index contributed by atoms with van der Waals surface area (Å²) in [5, 5.41) is 8.19. The lowest BCUT2D eigenvalue weighted by molar-refractivity contribution is 0.0638. The van der Waals surface area contributed by atoms with Gasteiger partial charge in [0.25, 0.3) is 0 Å². The van der Waals surface area contributed by atoms with E-state index < -0.39 is 0 Å². The number of hydrogen-bond acceptors (Lipinski definition) is 3. The van der Waals surface area contributed by atoms with Crippen LogP contribution in [0.3, 0.4) is 0 Å². The summed E-state index contributed by atoms with van der Waals surface area (Å²) in [6.45, 7) is 6.23. The number of nitrogens with zero attached hydrogens (tertiary/aromatic N) is 3. The molecule has 0 saturated carbocycles. The number of hydrazine groups is 1. The summed E-state index contributed by atoms with van der Waals surface area (Å²) >= 11 is 0.